The fourth-order valence-corrected chi connectivity index (χ4v) is 3.17. The quantitative estimate of drug-likeness (QED) is 0.731. The minimum Gasteiger partial charge on any atom is -0.493 e. The smallest absolute Gasteiger partial charge is 0.203 e. The van der Waals surface area contributed by atoms with Crippen molar-refractivity contribution >= 4 is 0 Å². The molecule has 24 heavy (non-hydrogen) atoms. The van der Waals surface area contributed by atoms with Gasteiger partial charge in [-0.15, -0.1) is 0 Å². The molecule has 2 unspecified atom stereocenters. The zero-order valence-electron chi connectivity index (χ0n) is 15.4. The maximum atomic E-state index is 5.76. The molecule has 1 aromatic rings. The second kappa shape index (κ2) is 9.11. The molecule has 2 rings (SSSR count). The van der Waals surface area contributed by atoms with Gasteiger partial charge in [0.05, 0.1) is 33.5 Å². The van der Waals surface area contributed by atoms with Crippen molar-refractivity contribution in [2.75, 3.05) is 47.5 Å². The lowest BCUT2D eigenvalue weighted by Crippen LogP contribution is -2.47. The van der Waals surface area contributed by atoms with Gasteiger partial charge in [-0.05, 0) is 31.5 Å². The van der Waals surface area contributed by atoms with Crippen LogP contribution in [0.1, 0.15) is 19.4 Å². The fourth-order valence-electron chi connectivity index (χ4n) is 3.17. The molecule has 0 radical (unpaired) electrons. The van der Waals surface area contributed by atoms with Crippen molar-refractivity contribution in [2.24, 2.45) is 0 Å². The Morgan fingerprint density at radius 1 is 1.04 bits per heavy atom. The Hall–Kier alpha value is -1.50. The van der Waals surface area contributed by atoms with E-state index in [-0.39, 0.29) is 0 Å². The third kappa shape index (κ3) is 5.00. The third-order valence-electron chi connectivity index (χ3n) is 4.15. The molecule has 1 fully saturated rings. The summed E-state index contributed by atoms with van der Waals surface area (Å²) in [6, 6.07) is 3.96. The van der Waals surface area contributed by atoms with E-state index in [4.69, 9.17) is 18.9 Å². The van der Waals surface area contributed by atoms with Crippen LogP contribution in [0.5, 0.6) is 17.2 Å². The molecule has 1 aromatic carbocycles. The number of benzene rings is 1. The zero-order valence-corrected chi connectivity index (χ0v) is 15.4. The van der Waals surface area contributed by atoms with Crippen LogP contribution in [-0.2, 0) is 11.3 Å². The van der Waals surface area contributed by atoms with Crippen molar-refractivity contribution in [3.8, 4) is 17.2 Å². The first-order valence-electron chi connectivity index (χ1n) is 8.44. The highest BCUT2D eigenvalue weighted by Gasteiger charge is 2.21. The average Bonchev–Trinajstić information content (AvgIpc) is 2.56. The number of methoxy groups -OCH3 is 3. The number of morpholine rings is 1. The van der Waals surface area contributed by atoms with Crippen LogP contribution in [0.3, 0.4) is 0 Å². The maximum Gasteiger partial charge on any atom is 0.203 e. The molecule has 0 spiro atoms. The minimum absolute atomic E-state index is 0.309. The number of hydrogen-bond acceptors (Lipinski definition) is 6. The summed E-state index contributed by atoms with van der Waals surface area (Å²) in [6.07, 6.45) is 0.618. The number of ether oxygens (including phenoxy) is 4. The topological polar surface area (TPSA) is 52.2 Å². The van der Waals surface area contributed by atoms with Crippen LogP contribution in [0, 0.1) is 0 Å². The third-order valence-corrected chi connectivity index (χ3v) is 4.15. The first-order chi connectivity index (χ1) is 11.6. The molecule has 0 bridgehead atoms. The molecule has 1 aliphatic rings. The zero-order chi connectivity index (χ0) is 17.5. The van der Waals surface area contributed by atoms with E-state index in [9.17, 15) is 0 Å². The molecule has 0 aliphatic carbocycles. The number of nitrogens with one attached hydrogen (secondary N) is 1. The summed E-state index contributed by atoms with van der Waals surface area (Å²) in [6.45, 7) is 8.95. The molecule has 136 valence electrons. The SMILES string of the molecule is COc1cc(CNCCN2CC(C)OC(C)C2)cc(OC)c1OC. The highest BCUT2D eigenvalue weighted by atomic mass is 16.5. The predicted molar refractivity (Wildman–Crippen MR) is 94.3 cm³/mol. The van der Waals surface area contributed by atoms with Crippen molar-refractivity contribution in [3.05, 3.63) is 17.7 Å². The van der Waals surface area contributed by atoms with Crippen LogP contribution in [0.25, 0.3) is 0 Å². The van der Waals surface area contributed by atoms with E-state index in [1.165, 1.54) is 0 Å². The number of rotatable bonds is 8. The summed E-state index contributed by atoms with van der Waals surface area (Å²) in [7, 11) is 4.88. The Labute approximate surface area is 145 Å². The molecule has 0 saturated carbocycles. The van der Waals surface area contributed by atoms with Gasteiger partial charge >= 0.3 is 0 Å². The number of nitrogens with zero attached hydrogens (tertiary/aromatic N) is 1. The Morgan fingerprint density at radius 2 is 1.62 bits per heavy atom. The monoisotopic (exact) mass is 338 g/mol. The normalized spacial score (nSPS) is 21.5. The van der Waals surface area contributed by atoms with Crippen LogP contribution < -0.4 is 19.5 Å². The largest absolute Gasteiger partial charge is 0.493 e. The van der Waals surface area contributed by atoms with E-state index in [0.717, 1.165) is 38.3 Å². The molecule has 6 heteroatoms. The number of hydrogen-bond donors (Lipinski definition) is 1. The molecule has 1 heterocycles. The average molecular weight is 338 g/mol. The lowest BCUT2D eigenvalue weighted by Gasteiger charge is -2.35. The minimum atomic E-state index is 0.309. The van der Waals surface area contributed by atoms with Crippen LogP contribution >= 0.6 is 0 Å². The summed E-state index contributed by atoms with van der Waals surface area (Å²) in [4.78, 5) is 2.45. The standard InChI is InChI=1S/C18H30N2O4/c1-13-11-20(12-14(2)24-13)7-6-19-10-15-8-16(21-3)18(23-5)17(9-15)22-4/h8-9,13-14,19H,6-7,10-12H2,1-5H3. The van der Waals surface area contributed by atoms with Gasteiger partial charge in [-0.2, -0.15) is 0 Å². The Kier molecular flexibility index (Phi) is 7.15. The summed E-state index contributed by atoms with van der Waals surface area (Å²) in [5.41, 5.74) is 1.10. The van der Waals surface area contributed by atoms with Gasteiger partial charge in [-0.1, -0.05) is 0 Å². The molecular formula is C18H30N2O4. The van der Waals surface area contributed by atoms with Gasteiger partial charge in [0, 0.05) is 32.7 Å². The highest BCUT2D eigenvalue weighted by Crippen LogP contribution is 2.38. The van der Waals surface area contributed by atoms with E-state index < -0.39 is 0 Å². The summed E-state index contributed by atoms with van der Waals surface area (Å²) < 4.78 is 21.9. The van der Waals surface area contributed by atoms with E-state index in [1.807, 2.05) is 12.1 Å². The predicted octanol–water partition coefficient (Wildman–Crippen LogP) is 1.91. The van der Waals surface area contributed by atoms with Gasteiger partial charge in [-0.25, -0.2) is 0 Å². The van der Waals surface area contributed by atoms with E-state index in [2.05, 4.69) is 24.1 Å². The van der Waals surface area contributed by atoms with Crippen molar-refractivity contribution in [1.82, 2.24) is 10.2 Å². The van der Waals surface area contributed by atoms with Gasteiger partial charge in [-0.3, -0.25) is 4.90 Å². The molecule has 0 amide bonds. The van der Waals surface area contributed by atoms with Crippen molar-refractivity contribution in [2.45, 2.75) is 32.6 Å². The van der Waals surface area contributed by atoms with Gasteiger partial charge in [0.25, 0.3) is 0 Å². The summed E-state index contributed by atoms with van der Waals surface area (Å²) in [5, 5.41) is 3.48. The molecular weight excluding hydrogens is 308 g/mol. The second-order valence-corrected chi connectivity index (χ2v) is 6.23. The molecule has 1 aliphatic heterocycles. The second-order valence-electron chi connectivity index (χ2n) is 6.23. The van der Waals surface area contributed by atoms with Crippen molar-refractivity contribution in [1.29, 1.82) is 0 Å². The Balaban J connectivity index is 1.86. The van der Waals surface area contributed by atoms with Gasteiger partial charge in [0.15, 0.2) is 11.5 Å². The lowest BCUT2D eigenvalue weighted by atomic mass is 10.1. The van der Waals surface area contributed by atoms with Crippen LogP contribution in [0.4, 0.5) is 0 Å². The molecule has 6 nitrogen and oxygen atoms in total. The summed E-state index contributed by atoms with van der Waals surface area (Å²) >= 11 is 0. The maximum absolute atomic E-state index is 5.76. The Bertz CT molecular complexity index is 489. The molecule has 1 saturated heterocycles. The molecule has 0 aromatic heterocycles. The van der Waals surface area contributed by atoms with Crippen LogP contribution in [0.2, 0.25) is 0 Å². The Morgan fingerprint density at radius 3 is 2.12 bits per heavy atom. The van der Waals surface area contributed by atoms with Crippen molar-refractivity contribution in [3.63, 3.8) is 0 Å². The van der Waals surface area contributed by atoms with E-state index in [1.54, 1.807) is 21.3 Å². The first-order valence-corrected chi connectivity index (χ1v) is 8.44. The van der Waals surface area contributed by atoms with Gasteiger partial charge in [0.1, 0.15) is 0 Å². The van der Waals surface area contributed by atoms with Crippen molar-refractivity contribution < 1.29 is 18.9 Å². The lowest BCUT2D eigenvalue weighted by molar-refractivity contribution is -0.0674. The highest BCUT2D eigenvalue weighted by molar-refractivity contribution is 5.53. The van der Waals surface area contributed by atoms with Crippen LogP contribution in [0.15, 0.2) is 12.1 Å². The first kappa shape index (κ1) is 18.8. The van der Waals surface area contributed by atoms with E-state index >= 15 is 0 Å². The van der Waals surface area contributed by atoms with Crippen LogP contribution in [-0.4, -0.2) is 64.6 Å². The molecule has 1 N–H and O–H groups in total. The molecule has 2 atom stereocenters. The van der Waals surface area contributed by atoms with Gasteiger partial charge < -0.3 is 24.3 Å². The summed E-state index contributed by atoms with van der Waals surface area (Å²) in [5.74, 6) is 1.99. The van der Waals surface area contributed by atoms with Gasteiger partial charge in [0.2, 0.25) is 5.75 Å². The fraction of sp³-hybridized carbons (Fsp3) is 0.667. The van der Waals surface area contributed by atoms with E-state index in [0.29, 0.717) is 29.5 Å².